The smallest absolute Gasteiger partial charge is 0.337 e. The summed E-state index contributed by atoms with van der Waals surface area (Å²) in [4.78, 5) is 11.3. The van der Waals surface area contributed by atoms with E-state index in [1.165, 1.54) is 7.11 Å². The van der Waals surface area contributed by atoms with Crippen molar-refractivity contribution in [3.8, 4) is 5.75 Å². The van der Waals surface area contributed by atoms with Crippen LogP contribution in [0.5, 0.6) is 5.75 Å². The van der Waals surface area contributed by atoms with Gasteiger partial charge in [0.25, 0.3) is 0 Å². The average molecular weight is 220 g/mol. The van der Waals surface area contributed by atoms with Crippen LogP contribution in [-0.4, -0.2) is 19.7 Å². The van der Waals surface area contributed by atoms with E-state index in [-0.39, 0.29) is 5.97 Å². The van der Waals surface area contributed by atoms with E-state index >= 15 is 0 Å². The quantitative estimate of drug-likeness (QED) is 0.565. The van der Waals surface area contributed by atoms with Crippen molar-refractivity contribution < 1.29 is 14.3 Å². The van der Waals surface area contributed by atoms with Crippen molar-refractivity contribution in [3.63, 3.8) is 0 Å². The second-order valence-corrected chi connectivity index (χ2v) is 3.21. The van der Waals surface area contributed by atoms with Crippen LogP contribution in [0.15, 0.2) is 36.4 Å². The number of hydrogen-bond donors (Lipinski definition) is 0. The van der Waals surface area contributed by atoms with Crippen LogP contribution < -0.4 is 4.74 Å². The highest BCUT2D eigenvalue weighted by Crippen LogP contribution is 2.13. The van der Waals surface area contributed by atoms with Crippen LogP contribution >= 0.6 is 0 Å². The Labute approximate surface area is 95.7 Å². The first-order valence-electron chi connectivity index (χ1n) is 5.24. The molecule has 86 valence electrons. The van der Waals surface area contributed by atoms with E-state index in [2.05, 4.69) is 11.7 Å². The van der Waals surface area contributed by atoms with Gasteiger partial charge in [-0.2, -0.15) is 0 Å². The summed E-state index contributed by atoms with van der Waals surface area (Å²) in [6.07, 6.45) is 4.97. The molecule has 0 fully saturated rings. The van der Waals surface area contributed by atoms with Crippen LogP contribution in [0.4, 0.5) is 0 Å². The minimum absolute atomic E-state index is 0.352. The Hall–Kier alpha value is -1.77. The number of ether oxygens (including phenoxy) is 2. The molecule has 0 N–H and O–H groups in total. The molecule has 0 atom stereocenters. The van der Waals surface area contributed by atoms with Crippen molar-refractivity contribution in [2.75, 3.05) is 13.7 Å². The fraction of sp³-hybridized carbons (Fsp3) is 0.308. The number of methoxy groups -OCH3 is 1. The van der Waals surface area contributed by atoms with Gasteiger partial charge >= 0.3 is 5.97 Å². The van der Waals surface area contributed by atoms with Crippen molar-refractivity contribution in [2.45, 2.75) is 13.3 Å². The number of esters is 1. The van der Waals surface area contributed by atoms with Crippen molar-refractivity contribution in [2.24, 2.45) is 0 Å². The molecule has 0 unspecified atom stereocenters. The summed E-state index contributed by atoms with van der Waals surface area (Å²) in [6.45, 7) is 2.58. The highest BCUT2D eigenvalue weighted by atomic mass is 16.5. The predicted molar refractivity (Wildman–Crippen MR) is 62.7 cm³/mol. The zero-order chi connectivity index (χ0) is 11.8. The molecule has 1 rings (SSSR count). The summed E-state index contributed by atoms with van der Waals surface area (Å²) in [7, 11) is 1.36. The Morgan fingerprint density at radius 3 is 2.88 bits per heavy atom. The van der Waals surface area contributed by atoms with Crippen LogP contribution in [0.1, 0.15) is 23.7 Å². The van der Waals surface area contributed by atoms with E-state index in [1.54, 1.807) is 18.2 Å². The maximum atomic E-state index is 11.3. The van der Waals surface area contributed by atoms with Gasteiger partial charge in [-0.3, -0.25) is 0 Å². The fourth-order valence-corrected chi connectivity index (χ4v) is 1.21. The summed E-state index contributed by atoms with van der Waals surface area (Å²) in [6, 6.07) is 6.95. The number of benzene rings is 1. The number of carbonyl (C=O) groups is 1. The summed E-state index contributed by atoms with van der Waals surface area (Å²) in [5.74, 6) is 0.318. The van der Waals surface area contributed by atoms with Gasteiger partial charge in [0.2, 0.25) is 0 Å². The second kappa shape index (κ2) is 6.67. The molecule has 0 bridgehead atoms. The van der Waals surface area contributed by atoms with E-state index < -0.39 is 0 Å². The number of carbonyl (C=O) groups excluding carboxylic acids is 1. The van der Waals surface area contributed by atoms with Gasteiger partial charge in [-0.25, -0.2) is 4.79 Å². The SMILES string of the molecule is CC/C=C\COc1cccc(C(=O)OC)c1. The molecular weight excluding hydrogens is 204 g/mol. The molecule has 16 heavy (non-hydrogen) atoms. The van der Waals surface area contributed by atoms with E-state index in [4.69, 9.17) is 4.74 Å². The molecule has 0 saturated heterocycles. The van der Waals surface area contributed by atoms with Crippen molar-refractivity contribution >= 4 is 5.97 Å². The van der Waals surface area contributed by atoms with Crippen LogP contribution in [0.25, 0.3) is 0 Å². The molecule has 0 aliphatic heterocycles. The van der Waals surface area contributed by atoms with Gasteiger partial charge in [0.05, 0.1) is 12.7 Å². The normalized spacial score (nSPS) is 10.4. The van der Waals surface area contributed by atoms with Crippen LogP contribution in [0.2, 0.25) is 0 Å². The monoisotopic (exact) mass is 220 g/mol. The van der Waals surface area contributed by atoms with Gasteiger partial charge in [-0.15, -0.1) is 0 Å². The maximum absolute atomic E-state index is 11.3. The van der Waals surface area contributed by atoms with Gasteiger partial charge in [0, 0.05) is 0 Å². The number of allylic oxidation sites excluding steroid dienone is 1. The first-order valence-corrected chi connectivity index (χ1v) is 5.24. The first kappa shape index (κ1) is 12.3. The number of rotatable bonds is 5. The minimum atomic E-state index is -0.352. The topological polar surface area (TPSA) is 35.5 Å². The third-order valence-electron chi connectivity index (χ3n) is 2.00. The molecule has 0 amide bonds. The lowest BCUT2D eigenvalue weighted by molar-refractivity contribution is 0.0600. The third-order valence-corrected chi connectivity index (χ3v) is 2.00. The van der Waals surface area contributed by atoms with Crippen molar-refractivity contribution in [1.29, 1.82) is 0 Å². The Balaban J connectivity index is 2.60. The van der Waals surface area contributed by atoms with Crippen LogP contribution in [0.3, 0.4) is 0 Å². The standard InChI is InChI=1S/C13H16O3/c1-3-4-5-9-16-12-8-6-7-11(10-12)13(14)15-2/h4-8,10H,3,9H2,1-2H3/b5-4-. The van der Waals surface area contributed by atoms with E-state index in [0.29, 0.717) is 17.9 Å². The molecule has 1 aromatic rings. The molecule has 0 saturated carbocycles. The molecule has 0 aromatic heterocycles. The highest BCUT2D eigenvalue weighted by molar-refractivity contribution is 5.89. The predicted octanol–water partition coefficient (Wildman–Crippen LogP) is 2.82. The molecule has 3 nitrogen and oxygen atoms in total. The molecule has 3 heteroatoms. The van der Waals surface area contributed by atoms with Gasteiger partial charge < -0.3 is 9.47 Å². The Morgan fingerprint density at radius 1 is 1.38 bits per heavy atom. The molecule has 0 heterocycles. The molecule has 0 radical (unpaired) electrons. The summed E-state index contributed by atoms with van der Waals surface area (Å²) >= 11 is 0. The summed E-state index contributed by atoms with van der Waals surface area (Å²) < 4.78 is 10.1. The lowest BCUT2D eigenvalue weighted by Gasteiger charge is -2.04. The fourth-order valence-electron chi connectivity index (χ4n) is 1.21. The van der Waals surface area contributed by atoms with Gasteiger partial charge in [-0.1, -0.05) is 25.1 Å². The zero-order valence-corrected chi connectivity index (χ0v) is 9.60. The van der Waals surface area contributed by atoms with Gasteiger partial charge in [0.15, 0.2) is 0 Å². The van der Waals surface area contributed by atoms with E-state index in [1.807, 2.05) is 18.2 Å². The van der Waals surface area contributed by atoms with Crippen LogP contribution in [0, 0.1) is 0 Å². The highest BCUT2D eigenvalue weighted by Gasteiger charge is 2.05. The van der Waals surface area contributed by atoms with Gasteiger partial charge in [0.1, 0.15) is 12.4 Å². The molecular formula is C13H16O3. The Morgan fingerprint density at radius 2 is 2.19 bits per heavy atom. The lowest BCUT2D eigenvalue weighted by Crippen LogP contribution is -2.01. The Kier molecular flexibility index (Phi) is 5.12. The average Bonchev–Trinajstić information content (AvgIpc) is 2.34. The maximum Gasteiger partial charge on any atom is 0.337 e. The minimum Gasteiger partial charge on any atom is -0.490 e. The number of hydrogen-bond acceptors (Lipinski definition) is 3. The van der Waals surface area contributed by atoms with E-state index in [0.717, 1.165) is 6.42 Å². The van der Waals surface area contributed by atoms with Gasteiger partial charge in [-0.05, 0) is 24.6 Å². The summed E-state index contributed by atoms with van der Waals surface area (Å²) in [5.41, 5.74) is 0.500. The van der Waals surface area contributed by atoms with Crippen molar-refractivity contribution in [1.82, 2.24) is 0 Å². The van der Waals surface area contributed by atoms with Crippen LogP contribution in [-0.2, 0) is 4.74 Å². The van der Waals surface area contributed by atoms with Crippen molar-refractivity contribution in [3.05, 3.63) is 42.0 Å². The molecule has 0 spiro atoms. The molecule has 1 aromatic carbocycles. The third kappa shape index (κ3) is 3.77. The second-order valence-electron chi connectivity index (χ2n) is 3.21. The first-order chi connectivity index (χ1) is 7.77. The summed E-state index contributed by atoms with van der Waals surface area (Å²) in [5, 5.41) is 0. The Bertz CT molecular complexity index is 369. The zero-order valence-electron chi connectivity index (χ0n) is 9.60. The molecule has 0 aliphatic rings. The molecule has 0 aliphatic carbocycles. The lowest BCUT2D eigenvalue weighted by atomic mass is 10.2. The van der Waals surface area contributed by atoms with E-state index in [9.17, 15) is 4.79 Å². The largest absolute Gasteiger partial charge is 0.490 e.